The van der Waals surface area contributed by atoms with Gasteiger partial charge in [-0.25, -0.2) is 0 Å². The molecule has 1 fully saturated rings. The second-order valence-corrected chi connectivity index (χ2v) is 7.03. The monoisotopic (exact) mass is 306 g/mol. The normalized spacial score (nSPS) is 17.5. The standard InChI is InChI=1S/C15H18N2OS2/c1-19-15(12-16)7-9-17(10-8-15)14(18)11-20-13-5-3-2-4-6-13/h2-6H,7-11H2,1H3. The van der Waals surface area contributed by atoms with Gasteiger partial charge in [0.05, 0.1) is 11.8 Å². The van der Waals surface area contributed by atoms with Gasteiger partial charge in [-0.05, 0) is 31.2 Å². The minimum Gasteiger partial charge on any atom is -0.342 e. The summed E-state index contributed by atoms with van der Waals surface area (Å²) in [4.78, 5) is 15.2. The molecular formula is C15H18N2OS2. The van der Waals surface area contributed by atoms with Gasteiger partial charge in [-0.15, -0.1) is 23.5 Å². The molecule has 0 aromatic heterocycles. The number of hydrogen-bond acceptors (Lipinski definition) is 4. The van der Waals surface area contributed by atoms with E-state index in [0.717, 1.165) is 17.7 Å². The molecule has 3 nitrogen and oxygen atoms in total. The molecule has 1 aliphatic heterocycles. The minimum absolute atomic E-state index is 0.173. The van der Waals surface area contributed by atoms with Crippen LogP contribution in [0.4, 0.5) is 0 Å². The van der Waals surface area contributed by atoms with Crippen LogP contribution in [-0.4, -0.2) is 40.7 Å². The Bertz CT molecular complexity index is 490. The summed E-state index contributed by atoms with van der Waals surface area (Å²) in [5.41, 5.74) is 0. The largest absolute Gasteiger partial charge is 0.342 e. The van der Waals surface area contributed by atoms with Crippen molar-refractivity contribution in [3.05, 3.63) is 30.3 Å². The first-order valence-corrected chi connectivity index (χ1v) is 8.82. The van der Waals surface area contributed by atoms with Crippen LogP contribution in [0.3, 0.4) is 0 Å². The molecule has 2 rings (SSSR count). The average molecular weight is 306 g/mol. The van der Waals surface area contributed by atoms with Crippen LogP contribution in [0, 0.1) is 11.3 Å². The van der Waals surface area contributed by atoms with Crippen molar-refractivity contribution in [1.82, 2.24) is 4.90 Å². The van der Waals surface area contributed by atoms with Crippen LogP contribution < -0.4 is 0 Å². The Morgan fingerprint density at radius 1 is 1.35 bits per heavy atom. The van der Waals surface area contributed by atoms with E-state index in [1.54, 1.807) is 23.5 Å². The lowest BCUT2D eigenvalue weighted by Gasteiger charge is -2.36. The maximum atomic E-state index is 12.2. The number of hydrogen-bond donors (Lipinski definition) is 0. The number of nitriles is 1. The number of likely N-dealkylation sites (tertiary alicyclic amines) is 1. The summed E-state index contributed by atoms with van der Waals surface area (Å²) >= 11 is 3.19. The van der Waals surface area contributed by atoms with E-state index in [4.69, 9.17) is 0 Å². The van der Waals surface area contributed by atoms with Gasteiger partial charge in [0.15, 0.2) is 0 Å². The van der Waals surface area contributed by atoms with Gasteiger partial charge in [0.1, 0.15) is 4.75 Å². The highest BCUT2D eigenvalue weighted by Gasteiger charge is 2.35. The van der Waals surface area contributed by atoms with E-state index < -0.39 is 0 Å². The van der Waals surface area contributed by atoms with Crippen LogP contribution in [-0.2, 0) is 4.79 Å². The molecule has 20 heavy (non-hydrogen) atoms. The molecule has 0 aliphatic carbocycles. The van der Waals surface area contributed by atoms with Crippen molar-refractivity contribution in [2.45, 2.75) is 22.5 Å². The van der Waals surface area contributed by atoms with Gasteiger partial charge >= 0.3 is 0 Å². The van der Waals surface area contributed by atoms with Crippen LogP contribution in [0.15, 0.2) is 35.2 Å². The van der Waals surface area contributed by atoms with Gasteiger partial charge in [-0.3, -0.25) is 4.79 Å². The Balaban J connectivity index is 1.82. The quantitative estimate of drug-likeness (QED) is 0.802. The zero-order chi connectivity index (χ0) is 14.4. The average Bonchev–Trinajstić information content (AvgIpc) is 2.53. The lowest BCUT2D eigenvalue weighted by Crippen LogP contribution is -2.45. The number of amides is 1. The van der Waals surface area contributed by atoms with Crippen LogP contribution >= 0.6 is 23.5 Å². The summed E-state index contributed by atoms with van der Waals surface area (Å²) in [6, 6.07) is 12.4. The number of piperidine rings is 1. The molecule has 1 heterocycles. The van der Waals surface area contributed by atoms with Gasteiger partial charge in [0.25, 0.3) is 0 Å². The molecule has 0 radical (unpaired) electrons. The molecule has 1 saturated heterocycles. The summed E-state index contributed by atoms with van der Waals surface area (Å²) in [5, 5.41) is 9.24. The summed E-state index contributed by atoms with van der Waals surface area (Å²) < 4.78 is -0.288. The summed E-state index contributed by atoms with van der Waals surface area (Å²) in [6.45, 7) is 1.39. The molecule has 0 unspecified atom stereocenters. The second-order valence-electron chi connectivity index (χ2n) is 4.79. The number of carbonyl (C=O) groups excluding carboxylic acids is 1. The van der Waals surface area contributed by atoms with Crippen LogP contribution in [0.2, 0.25) is 0 Å². The Morgan fingerprint density at radius 3 is 2.55 bits per heavy atom. The third-order valence-corrected chi connectivity index (χ3v) is 5.90. The van der Waals surface area contributed by atoms with Crippen LogP contribution in [0.5, 0.6) is 0 Å². The fourth-order valence-electron chi connectivity index (χ4n) is 2.23. The predicted molar refractivity (Wildman–Crippen MR) is 84.8 cm³/mol. The third kappa shape index (κ3) is 3.71. The molecule has 1 aliphatic rings. The van der Waals surface area contributed by atoms with Crippen molar-refractivity contribution in [2.75, 3.05) is 25.1 Å². The molecule has 0 saturated carbocycles. The molecule has 0 bridgehead atoms. The number of benzene rings is 1. The maximum Gasteiger partial charge on any atom is 0.232 e. The topological polar surface area (TPSA) is 44.1 Å². The van der Waals surface area contributed by atoms with E-state index in [2.05, 4.69) is 6.07 Å². The highest BCUT2D eigenvalue weighted by Crippen LogP contribution is 2.34. The van der Waals surface area contributed by atoms with Crippen molar-refractivity contribution in [2.24, 2.45) is 0 Å². The summed E-state index contributed by atoms with van der Waals surface area (Å²) in [7, 11) is 0. The van der Waals surface area contributed by atoms with Gasteiger partial charge < -0.3 is 4.90 Å². The highest BCUT2D eigenvalue weighted by molar-refractivity contribution is 8.00. The fraction of sp³-hybridized carbons (Fsp3) is 0.467. The molecule has 1 amide bonds. The lowest BCUT2D eigenvalue weighted by atomic mass is 9.97. The zero-order valence-corrected chi connectivity index (χ0v) is 13.2. The van der Waals surface area contributed by atoms with E-state index in [0.29, 0.717) is 18.8 Å². The molecular weight excluding hydrogens is 288 g/mol. The molecule has 5 heteroatoms. The number of rotatable bonds is 4. The smallest absolute Gasteiger partial charge is 0.232 e. The molecule has 0 atom stereocenters. The number of carbonyl (C=O) groups is 1. The Kier molecular flexibility index (Phi) is 5.38. The molecule has 0 N–H and O–H groups in total. The molecule has 1 aromatic rings. The predicted octanol–water partition coefficient (Wildman–Crippen LogP) is 3.03. The minimum atomic E-state index is -0.288. The van der Waals surface area contributed by atoms with Crippen molar-refractivity contribution in [1.29, 1.82) is 5.26 Å². The third-order valence-electron chi connectivity index (χ3n) is 3.62. The Labute approximate surface area is 128 Å². The SMILES string of the molecule is CSC1(C#N)CCN(C(=O)CSc2ccccc2)CC1. The summed E-state index contributed by atoms with van der Waals surface area (Å²) in [6.07, 6.45) is 3.52. The van der Waals surface area contributed by atoms with Gasteiger partial charge in [-0.2, -0.15) is 5.26 Å². The van der Waals surface area contributed by atoms with E-state index in [9.17, 15) is 10.1 Å². The van der Waals surface area contributed by atoms with Crippen LogP contribution in [0.1, 0.15) is 12.8 Å². The van der Waals surface area contributed by atoms with Gasteiger partial charge in [-0.1, -0.05) is 18.2 Å². The number of nitrogens with zero attached hydrogens (tertiary/aromatic N) is 2. The lowest BCUT2D eigenvalue weighted by molar-refractivity contribution is -0.129. The van der Waals surface area contributed by atoms with Crippen molar-refractivity contribution in [3.63, 3.8) is 0 Å². The first-order valence-electron chi connectivity index (χ1n) is 6.61. The summed E-state index contributed by atoms with van der Waals surface area (Å²) in [5.74, 6) is 0.648. The van der Waals surface area contributed by atoms with Crippen molar-refractivity contribution < 1.29 is 4.79 Å². The van der Waals surface area contributed by atoms with Crippen molar-refractivity contribution >= 4 is 29.4 Å². The maximum absolute atomic E-state index is 12.2. The van der Waals surface area contributed by atoms with E-state index in [1.807, 2.05) is 41.5 Å². The fourth-order valence-corrected chi connectivity index (χ4v) is 3.74. The Hall–Kier alpha value is -1.12. The molecule has 1 aromatic carbocycles. The van der Waals surface area contributed by atoms with Gasteiger partial charge in [0.2, 0.25) is 5.91 Å². The first kappa shape index (κ1) is 15.3. The number of thioether (sulfide) groups is 2. The highest BCUT2D eigenvalue weighted by atomic mass is 32.2. The second kappa shape index (κ2) is 7.05. The molecule has 106 valence electrons. The van der Waals surface area contributed by atoms with E-state index >= 15 is 0 Å². The first-order chi connectivity index (χ1) is 9.69. The molecule has 0 spiro atoms. The Morgan fingerprint density at radius 2 is 2.00 bits per heavy atom. The van der Waals surface area contributed by atoms with E-state index in [-0.39, 0.29) is 10.7 Å². The van der Waals surface area contributed by atoms with Crippen molar-refractivity contribution in [3.8, 4) is 6.07 Å². The van der Waals surface area contributed by atoms with Gasteiger partial charge in [0, 0.05) is 18.0 Å². The van der Waals surface area contributed by atoms with E-state index in [1.165, 1.54) is 0 Å². The van der Waals surface area contributed by atoms with Crippen LogP contribution in [0.25, 0.3) is 0 Å². The zero-order valence-electron chi connectivity index (χ0n) is 11.5.